The summed E-state index contributed by atoms with van der Waals surface area (Å²) in [5, 5.41) is 10.9. The Labute approximate surface area is 114 Å². The summed E-state index contributed by atoms with van der Waals surface area (Å²) >= 11 is 0. The van der Waals surface area contributed by atoms with Gasteiger partial charge < -0.3 is 14.2 Å². The van der Waals surface area contributed by atoms with Crippen molar-refractivity contribution in [2.24, 2.45) is 0 Å². The Hall–Kier alpha value is -2.64. The molecule has 8 nitrogen and oxygen atoms in total. The normalized spacial score (nSPS) is 9.75. The van der Waals surface area contributed by atoms with E-state index < -0.39 is 22.4 Å². The lowest BCUT2D eigenvalue weighted by Crippen LogP contribution is -2.18. The number of nitro benzene ring substituents is 1. The number of benzene rings is 1. The monoisotopic (exact) mass is 283 g/mol. The van der Waals surface area contributed by atoms with Crippen LogP contribution in [0.25, 0.3) is 0 Å². The quantitative estimate of drug-likeness (QED) is 0.255. The topological polar surface area (TPSA) is 105 Å². The highest BCUT2D eigenvalue weighted by Gasteiger charge is 2.27. The first kappa shape index (κ1) is 15.4. The maximum atomic E-state index is 11.9. The van der Waals surface area contributed by atoms with Crippen LogP contribution in [0.3, 0.4) is 0 Å². The fraction of sp³-hybridized carbons (Fsp3) is 0.333. The van der Waals surface area contributed by atoms with Gasteiger partial charge in [-0.05, 0) is 6.92 Å². The summed E-state index contributed by atoms with van der Waals surface area (Å²) in [6.45, 7) is 1.56. The van der Waals surface area contributed by atoms with Gasteiger partial charge in [0.1, 0.15) is 5.75 Å². The number of nitrogens with zero attached hydrogens (tertiary/aromatic N) is 1. The van der Waals surface area contributed by atoms with Crippen LogP contribution in [-0.4, -0.2) is 37.5 Å². The Kier molecular flexibility index (Phi) is 5.01. The molecule has 0 spiro atoms. The van der Waals surface area contributed by atoms with E-state index in [9.17, 15) is 19.7 Å². The second kappa shape index (κ2) is 6.50. The Morgan fingerprint density at radius 3 is 2.25 bits per heavy atom. The summed E-state index contributed by atoms with van der Waals surface area (Å²) < 4.78 is 14.4. The number of rotatable bonds is 6. The van der Waals surface area contributed by atoms with Gasteiger partial charge in [-0.2, -0.15) is 0 Å². The first-order chi connectivity index (χ1) is 9.46. The summed E-state index contributed by atoms with van der Waals surface area (Å²) in [5.74, 6) is -2.21. The maximum Gasteiger partial charge on any atom is 0.379 e. The number of methoxy groups -OCH3 is 2. The van der Waals surface area contributed by atoms with Crippen LogP contribution in [0, 0.1) is 10.1 Å². The van der Waals surface area contributed by atoms with Crippen molar-refractivity contribution in [2.45, 2.75) is 6.92 Å². The number of nitro groups is 1. The van der Waals surface area contributed by atoms with E-state index in [1.54, 1.807) is 6.92 Å². The van der Waals surface area contributed by atoms with Crippen molar-refractivity contribution in [1.29, 1.82) is 0 Å². The molecular formula is C12H13NO7. The van der Waals surface area contributed by atoms with Crippen LogP contribution in [0.15, 0.2) is 12.1 Å². The fourth-order valence-electron chi connectivity index (χ4n) is 1.51. The summed E-state index contributed by atoms with van der Waals surface area (Å²) in [5.41, 5.74) is -0.695. The van der Waals surface area contributed by atoms with Gasteiger partial charge in [0.15, 0.2) is 0 Å². The van der Waals surface area contributed by atoms with Gasteiger partial charge in [0.05, 0.1) is 31.3 Å². The van der Waals surface area contributed by atoms with Crippen molar-refractivity contribution in [1.82, 2.24) is 0 Å². The highest BCUT2D eigenvalue weighted by atomic mass is 16.6. The van der Waals surface area contributed by atoms with E-state index in [4.69, 9.17) is 9.47 Å². The molecule has 0 fully saturated rings. The van der Waals surface area contributed by atoms with E-state index in [1.165, 1.54) is 20.3 Å². The number of hydrogen-bond acceptors (Lipinski definition) is 7. The minimum Gasteiger partial charge on any atom is -0.496 e. The number of ketones is 1. The molecule has 0 saturated carbocycles. The highest BCUT2D eigenvalue weighted by molar-refractivity contribution is 6.41. The Morgan fingerprint density at radius 2 is 1.80 bits per heavy atom. The third kappa shape index (κ3) is 3.02. The minimum absolute atomic E-state index is 0.00879. The van der Waals surface area contributed by atoms with Crippen molar-refractivity contribution >= 4 is 17.4 Å². The number of Topliss-reactive ketones (excluding diaryl/α,β-unsaturated/α-hetero) is 1. The molecule has 0 saturated heterocycles. The van der Waals surface area contributed by atoms with Gasteiger partial charge in [-0.25, -0.2) is 4.79 Å². The van der Waals surface area contributed by atoms with Crippen LogP contribution in [0.1, 0.15) is 17.3 Å². The fourth-order valence-corrected chi connectivity index (χ4v) is 1.51. The minimum atomic E-state index is -1.11. The zero-order valence-corrected chi connectivity index (χ0v) is 11.2. The Bertz CT molecular complexity index is 553. The first-order valence-corrected chi connectivity index (χ1v) is 5.58. The third-order valence-corrected chi connectivity index (χ3v) is 2.40. The number of carbonyl (C=O) groups excluding carboxylic acids is 2. The predicted octanol–water partition coefficient (Wildman–Crippen LogP) is 1.36. The van der Waals surface area contributed by atoms with Gasteiger partial charge in [-0.3, -0.25) is 14.9 Å². The predicted molar refractivity (Wildman–Crippen MR) is 67.2 cm³/mol. The first-order valence-electron chi connectivity index (χ1n) is 5.58. The molecule has 1 aromatic carbocycles. The molecule has 108 valence electrons. The van der Waals surface area contributed by atoms with Crippen molar-refractivity contribution in [3.63, 3.8) is 0 Å². The standard InChI is InChI=1S/C12H13NO7/c1-4-20-12(15)11(14)7-5-8(13(16)17)10(19-3)6-9(7)18-2/h5-6H,4H2,1-3H3. The maximum absolute atomic E-state index is 11.9. The van der Waals surface area contributed by atoms with Crippen LogP contribution in [0.5, 0.6) is 11.5 Å². The molecule has 0 atom stereocenters. The number of hydrogen-bond donors (Lipinski definition) is 0. The van der Waals surface area contributed by atoms with Gasteiger partial charge in [-0.1, -0.05) is 0 Å². The van der Waals surface area contributed by atoms with Gasteiger partial charge in [-0.15, -0.1) is 0 Å². The van der Waals surface area contributed by atoms with E-state index in [0.29, 0.717) is 0 Å². The molecule has 0 bridgehead atoms. The van der Waals surface area contributed by atoms with Crippen LogP contribution < -0.4 is 9.47 Å². The Morgan fingerprint density at radius 1 is 1.20 bits per heavy atom. The zero-order chi connectivity index (χ0) is 15.3. The van der Waals surface area contributed by atoms with Crippen LogP contribution in [0.4, 0.5) is 5.69 Å². The van der Waals surface area contributed by atoms with Crippen molar-refractivity contribution in [3.05, 3.63) is 27.8 Å². The van der Waals surface area contributed by atoms with E-state index in [1.807, 2.05) is 0 Å². The van der Waals surface area contributed by atoms with Gasteiger partial charge in [0, 0.05) is 12.1 Å². The van der Waals surface area contributed by atoms with E-state index in [2.05, 4.69) is 4.74 Å². The molecule has 0 aliphatic carbocycles. The molecule has 0 radical (unpaired) electrons. The summed E-state index contributed by atoms with van der Waals surface area (Å²) in [6, 6.07) is 2.10. The van der Waals surface area contributed by atoms with E-state index in [0.717, 1.165) is 6.07 Å². The van der Waals surface area contributed by atoms with Gasteiger partial charge >= 0.3 is 11.7 Å². The molecular weight excluding hydrogens is 270 g/mol. The van der Waals surface area contributed by atoms with Crippen LogP contribution in [-0.2, 0) is 9.53 Å². The number of esters is 1. The summed E-state index contributed by atoms with van der Waals surface area (Å²) in [7, 11) is 2.51. The molecule has 0 aliphatic heterocycles. The number of ether oxygens (including phenoxy) is 3. The lowest BCUT2D eigenvalue weighted by Gasteiger charge is -2.09. The van der Waals surface area contributed by atoms with Crippen molar-refractivity contribution < 1.29 is 28.7 Å². The largest absolute Gasteiger partial charge is 0.496 e. The molecule has 0 N–H and O–H groups in total. The molecule has 0 amide bonds. The van der Waals surface area contributed by atoms with Crippen molar-refractivity contribution in [2.75, 3.05) is 20.8 Å². The summed E-state index contributed by atoms with van der Waals surface area (Å²) in [6.07, 6.45) is 0. The molecule has 8 heteroatoms. The second-order valence-corrected chi connectivity index (χ2v) is 3.53. The molecule has 0 aliphatic rings. The van der Waals surface area contributed by atoms with E-state index >= 15 is 0 Å². The Balaban J connectivity index is 3.37. The average Bonchev–Trinajstić information content (AvgIpc) is 2.44. The van der Waals surface area contributed by atoms with Gasteiger partial charge in [0.25, 0.3) is 5.78 Å². The van der Waals surface area contributed by atoms with Crippen LogP contribution in [0.2, 0.25) is 0 Å². The second-order valence-electron chi connectivity index (χ2n) is 3.53. The lowest BCUT2D eigenvalue weighted by atomic mass is 10.1. The summed E-state index contributed by atoms with van der Waals surface area (Å²) in [4.78, 5) is 33.5. The number of carbonyl (C=O) groups is 2. The molecule has 1 rings (SSSR count). The average molecular weight is 283 g/mol. The van der Waals surface area contributed by atoms with Gasteiger partial charge in [0.2, 0.25) is 5.75 Å². The molecule has 20 heavy (non-hydrogen) atoms. The molecule has 0 unspecified atom stereocenters. The molecule has 1 aromatic rings. The molecule has 0 heterocycles. The van der Waals surface area contributed by atoms with E-state index in [-0.39, 0.29) is 23.7 Å². The molecule has 0 aromatic heterocycles. The van der Waals surface area contributed by atoms with Crippen LogP contribution >= 0.6 is 0 Å². The zero-order valence-electron chi connectivity index (χ0n) is 11.2. The SMILES string of the molecule is CCOC(=O)C(=O)c1cc([N+](=O)[O-])c(OC)cc1OC. The smallest absolute Gasteiger partial charge is 0.379 e. The highest BCUT2D eigenvalue weighted by Crippen LogP contribution is 2.34. The third-order valence-electron chi connectivity index (χ3n) is 2.40. The van der Waals surface area contributed by atoms with Crippen molar-refractivity contribution in [3.8, 4) is 11.5 Å². The lowest BCUT2D eigenvalue weighted by molar-refractivity contribution is -0.385.